The SMILES string of the molecule is CN(CC(=O)Nc1ccccc1Cl)C1COCC1C(=O)O. The zero-order valence-corrected chi connectivity index (χ0v) is 12.3. The first kappa shape index (κ1) is 15.8. The number of halogens is 1. The molecule has 1 fully saturated rings. The number of hydrogen-bond acceptors (Lipinski definition) is 4. The lowest BCUT2D eigenvalue weighted by Gasteiger charge is -2.25. The Balaban J connectivity index is 1.93. The fourth-order valence-electron chi connectivity index (χ4n) is 2.31. The molecule has 2 rings (SSSR count). The molecule has 6 nitrogen and oxygen atoms in total. The maximum absolute atomic E-state index is 12.0. The van der Waals surface area contributed by atoms with E-state index in [1.165, 1.54) is 0 Å². The fourth-order valence-corrected chi connectivity index (χ4v) is 2.49. The van der Waals surface area contributed by atoms with Crippen molar-refractivity contribution in [3.05, 3.63) is 29.3 Å². The molecular formula is C14H17ClN2O4. The van der Waals surface area contributed by atoms with Crippen LogP contribution in [0.2, 0.25) is 5.02 Å². The van der Waals surface area contributed by atoms with Crippen LogP contribution in [0.3, 0.4) is 0 Å². The molecule has 2 N–H and O–H groups in total. The molecule has 1 heterocycles. The molecule has 1 aliphatic heterocycles. The third kappa shape index (κ3) is 3.93. The fraction of sp³-hybridized carbons (Fsp3) is 0.429. The van der Waals surface area contributed by atoms with Crippen molar-refractivity contribution >= 4 is 29.2 Å². The lowest BCUT2D eigenvalue weighted by molar-refractivity contribution is -0.143. The van der Waals surface area contributed by atoms with E-state index in [0.717, 1.165) is 0 Å². The molecule has 0 spiro atoms. The Morgan fingerprint density at radius 3 is 2.81 bits per heavy atom. The van der Waals surface area contributed by atoms with Gasteiger partial charge in [-0.25, -0.2) is 0 Å². The minimum absolute atomic E-state index is 0.0725. The number of nitrogens with zero attached hydrogens (tertiary/aromatic N) is 1. The number of anilines is 1. The number of para-hydroxylation sites is 1. The van der Waals surface area contributed by atoms with Gasteiger partial charge in [0.2, 0.25) is 5.91 Å². The molecule has 0 aromatic heterocycles. The van der Waals surface area contributed by atoms with E-state index in [0.29, 0.717) is 17.3 Å². The van der Waals surface area contributed by atoms with Crippen LogP contribution < -0.4 is 5.32 Å². The number of carbonyl (C=O) groups is 2. The van der Waals surface area contributed by atoms with E-state index in [-0.39, 0.29) is 25.1 Å². The molecule has 2 atom stereocenters. The summed E-state index contributed by atoms with van der Waals surface area (Å²) in [6, 6.07) is 6.64. The summed E-state index contributed by atoms with van der Waals surface area (Å²) in [5.74, 6) is -1.76. The summed E-state index contributed by atoms with van der Waals surface area (Å²) in [5.41, 5.74) is 0.537. The highest BCUT2D eigenvalue weighted by atomic mass is 35.5. The summed E-state index contributed by atoms with van der Waals surface area (Å²) >= 11 is 5.97. The summed E-state index contributed by atoms with van der Waals surface area (Å²) in [5, 5.41) is 12.3. The molecule has 1 aromatic carbocycles. The first-order valence-corrected chi connectivity index (χ1v) is 6.92. The monoisotopic (exact) mass is 312 g/mol. The number of carboxylic acid groups (broad SMARTS) is 1. The number of hydrogen-bond donors (Lipinski definition) is 2. The number of nitrogens with one attached hydrogen (secondary N) is 1. The largest absolute Gasteiger partial charge is 0.481 e. The number of aliphatic carboxylic acids is 1. The van der Waals surface area contributed by atoms with Crippen molar-refractivity contribution in [3.63, 3.8) is 0 Å². The van der Waals surface area contributed by atoms with Gasteiger partial charge >= 0.3 is 5.97 Å². The summed E-state index contributed by atoms with van der Waals surface area (Å²) < 4.78 is 5.20. The second-order valence-electron chi connectivity index (χ2n) is 4.99. The minimum Gasteiger partial charge on any atom is -0.481 e. The van der Waals surface area contributed by atoms with Gasteiger partial charge in [0.1, 0.15) is 0 Å². The highest BCUT2D eigenvalue weighted by Crippen LogP contribution is 2.21. The first-order valence-electron chi connectivity index (χ1n) is 6.54. The number of ether oxygens (including phenoxy) is 1. The highest BCUT2D eigenvalue weighted by Gasteiger charge is 2.37. The van der Waals surface area contributed by atoms with Gasteiger partial charge in [-0.1, -0.05) is 23.7 Å². The van der Waals surface area contributed by atoms with Crippen molar-refractivity contribution in [2.75, 3.05) is 32.1 Å². The van der Waals surface area contributed by atoms with Gasteiger partial charge in [-0.05, 0) is 19.2 Å². The van der Waals surface area contributed by atoms with Crippen LogP contribution in [0.4, 0.5) is 5.69 Å². The van der Waals surface area contributed by atoms with Crippen molar-refractivity contribution in [3.8, 4) is 0 Å². The zero-order valence-electron chi connectivity index (χ0n) is 11.6. The Labute approximate surface area is 127 Å². The van der Waals surface area contributed by atoms with Crippen LogP contribution in [0.5, 0.6) is 0 Å². The Morgan fingerprint density at radius 2 is 2.14 bits per heavy atom. The molecule has 21 heavy (non-hydrogen) atoms. The van der Waals surface area contributed by atoms with Crippen LogP contribution >= 0.6 is 11.6 Å². The summed E-state index contributed by atoms with van der Waals surface area (Å²) in [6.07, 6.45) is 0. The van der Waals surface area contributed by atoms with Crippen LogP contribution in [-0.4, -0.2) is 54.7 Å². The maximum atomic E-state index is 12.0. The van der Waals surface area contributed by atoms with E-state index in [1.807, 2.05) is 0 Å². The maximum Gasteiger partial charge on any atom is 0.310 e. The molecule has 1 amide bonds. The number of carboxylic acids is 1. The van der Waals surface area contributed by atoms with Crippen LogP contribution in [0, 0.1) is 5.92 Å². The quantitative estimate of drug-likeness (QED) is 0.857. The highest BCUT2D eigenvalue weighted by molar-refractivity contribution is 6.33. The Morgan fingerprint density at radius 1 is 1.43 bits per heavy atom. The normalized spacial score (nSPS) is 21.5. The molecule has 0 saturated carbocycles. The minimum atomic E-state index is -0.907. The van der Waals surface area contributed by atoms with Gasteiger partial charge in [0, 0.05) is 6.04 Å². The standard InChI is InChI=1S/C14H17ClN2O4/c1-17(12-8-21-7-9(12)14(19)20)6-13(18)16-11-5-3-2-4-10(11)15/h2-5,9,12H,6-8H2,1H3,(H,16,18)(H,19,20). The van der Waals surface area contributed by atoms with Crippen molar-refractivity contribution < 1.29 is 19.4 Å². The van der Waals surface area contributed by atoms with E-state index in [9.17, 15) is 9.59 Å². The van der Waals surface area contributed by atoms with E-state index >= 15 is 0 Å². The lowest BCUT2D eigenvalue weighted by atomic mass is 10.0. The zero-order chi connectivity index (χ0) is 15.4. The van der Waals surface area contributed by atoms with Gasteiger partial charge in [0.15, 0.2) is 0 Å². The van der Waals surface area contributed by atoms with E-state index < -0.39 is 11.9 Å². The third-order valence-corrected chi connectivity index (χ3v) is 3.80. The number of rotatable bonds is 5. The van der Waals surface area contributed by atoms with Crippen molar-refractivity contribution in [1.82, 2.24) is 4.90 Å². The number of benzene rings is 1. The second kappa shape index (κ2) is 6.89. The summed E-state index contributed by atoms with van der Waals surface area (Å²) in [4.78, 5) is 24.8. The van der Waals surface area contributed by atoms with Crippen LogP contribution in [-0.2, 0) is 14.3 Å². The van der Waals surface area contributed by atoms with E-state index in [4.69, 9.17) is 21.4 Å². The molecule has 1 saturated heterocycles. The molecule has 114 valence electrons. The molecule has 0 bridgehead atoms. The number of amides is 1. The molecule has 1 aliphatic rings. The van der Waals surface area contributed by atoms with E-state index in [1.54, 1.807) is 36.2 Å². The number of carbonyl (C=O) groups excluding carboxylic acids is 1. The summed E-state index contributed by atoms with van der Waals surface area (Å²) in [7, 11) is 1.71. The molecule has 1 aromatic rings. The predicted molar refractivity (Wildman–Crippen MR) is 78.4 cm³/mol. The van der Waals surface area contributed by atoms with Crippen LogP contribution in [0.15, 0.2) is 24.3 Å². The van der Waals surface area contributed by atoms with Gasteiger partial charge in [0.25, 0.3) is 0 Å². The van der Waals surface area contributed by atoms with Gasteiger partial charge in [0.05, 0.1) is 36.4 Å². The number of likely N-dealkylation sites (N-methyl/N-ethyl adjacent to an activating group) is 1. The van der Waals surface area contributed by atoms with Gasteiger partial charge in [-0.15, -0.1) is 0 Å². The molecule has 7 heteroatoms. The Bertz CT molecular complexity index is 537. The van der Waals surface area contributed by atoms with E-state index in [2.05, 4.69) is 5.32 Å². The third-order valence-electron chi connectivity index (χ3n) is 3.47. The summed E-state index contributed by atoms with van der Waals surface area (Å²) in [6.45, 7) is 0.562. The van der Waals surface area contributed by atoms with Crippen molar-refractivity contribution in [2.45, 2.75) is 6.04 Å². The molecule has 0 aliphatic carbocycles. The second-order valence-corrected chi connectivity index (χ2v) is 5.40. The van der Waals surface area contributed by atoms with Crippen LogP contribution in [0.1, 0.15) is 0 Å². The van der Waals surface area contributed by atoms with Gasteiger partial charge in [-0.2, -0.15) is 0 Å². The molecule has 0 radical (unpaired) electrons. The smallest absolute Gasteiger partial charge is 0.310 e. The van der Waals surface area contributed by atoms with Gasteiger partial charge < -0.3 is 15.2 Å². The topological polar surface area (TPSA) is 78.9 Å². The lowest BCUT2D eigenvalue weighted by Crippen LogP contribution is -2.44. The average molecular weight is 313 g/mol. The van der Waals surface area contributed by atoms with Gasteiger partial charge in [-0.3, -0.25) is 14.5 Å². The Kier molecular flexibility index (Phi) is 5.17. The first-order chi connectivity index (χ1) is 9.99. The van der Waals surface area contributed by atoms with Crippen molar-refractivity contribution in [2.24, 2.45) is 5.92 Å². The Hall–Kier alpha value is -1.63. The van der Waals surface area contributed by atoms with Crippen molar-refractivity contribution in [1.29, 1.82) is 0 Å². The predicted octanol–water partition coefficient (Wildman–Crippen LogP) is 1.31. The average Bonchev–Trinajstić information content (AvgIpc) is 2.91. The van der Waals surface area contributed by atoms with Crippen LogP contribution in [0.25, 0.3) is 0 Å². The molecule has 2 unspecified atom stereocenters. The molecular weight excluding hydrogens is 296 g/mol.